The Bertz CT molecular complexity index is 1610. The summed E-state index contributed by atoms with van der Waals surface area (Å²) in [5.74, 6) is -1.13. The van der Waals surface area contributed by atoms with Crippen molar-refractivity contribution < 1.29 is 19.1 Å². The maximum Gasteiger partial charge on any atom is 0.348 e. The number of thiophene rings is 1. The molecule has 0 fully saturated rings. The van der Waals surface area contributed by atoms with Crippen LogP contribution in [0.1, 0.15) is 15.2 Å². The fourth-order valence-corrected chi connectivity index (χ4v) is 4.93. The van der Waals surface area contributed by atoms with Crippen molar-refractivity contribution in [3.05, 3.63) is 71.2 Å². The first-order valence-corrected chi connectivity index (χ1v) is 10.6. The smallest absolute Gasteiger partial charge is 0.348 e. The highest BCUT2D eigenvalue weighted by Crippen LogP contribution is 2.44. The Morgan fingerprint density at radius 1 is 1.18 bits per heavy atom. The molecule has 11 heteroatoms. The number of fused-ring (bicyclic) bond motifs is 1. The number of carbonyl (C=O) groups is 2. The van der Waals surface area contributed by atoms with Gasteiger partial charge in [0.25, 0.3) is 0 Å². The van der Waals surface area contributed by atoms with Gasteiger partial charge in [-0.25, -0.2) is 28.8 Å². The van der Waals surface area contributed by atoms with E-state index in [4.69, 9.17) is 0 Å². The SMILES string of the molecule is O=C(O)c1sc2ncnc3c2c1NC(=O)N3c1ccc2c(cnn2Cc2cccc(F)c2)c1. The van der Waals surface area contributed by atoms with Gasteiger partial charge in [0.2, 0.25) is 0 Å². The van der Waals surface area contributed by atoms with Gasteiger partial charge in [0.15, 0.2) is 5.82 Å². The van der Waals surface area contributed by atoms with Crippen molar-refractivity contribution in [1.29, 1.82) is 0 Å². The van der Waals surface area contributed by atoms with E-state index < -0.39 is 12.0 Å². The lowest BCUT2D eigenvalue weighted by Crippen LogP contribution is -2.34. The average Bonchev–Trinajstić information content (AvgIpc) is 3.36. The summed E-state index contributed by atoms with van der Waals surface area (Å²) in [5, 5.41) is 17.8. The lowest BCUT2D eigenvalue weighted by atomic mass is 10.1. The molecule has 2 aromatic carbocycles. The van der Waals surface area contributed by atoms with Crippen LogP contribution in [0.25, 0.3) is 21.1 Å². The predicted octanol–water partition coefficient (Wildman–Crippen LogP) is 4.61. The number of urea groups is 1. The molecule has 9 nitrogen and oxygen atoms in total. The molecule has 2 N–H and O–H groups in total. The highest BCUT2D eigenvalue weighted by Gasteiger charge is 2.33. The number of halogens is 1. The van der Waals surface area contributed by atoms with Crippen molar-refractivity contribution in [3.63, 3.8) is 0 Å². The summed E-state index contributed by atoms with van der Waals surface area (Å²) in [5.41, 5.74) is 2.35. The Labute approximate surface area is 188 Å². The number of carboxylic acids is 1. The normalized spacial score (nSPS) is 13.0. The van der Waals surface area contributed by atoms with Crippen molar-refractivity contribution in [3.8, 4) is 0 Å². The third-order valence-corrected chi connectivity index (χ3v) is 6.50. The molecule has 162 valence electrons. The zero-order chi connectivity index (χ0) is 22.7. The summed E-state index contributed by atoms with van der Waals surface area (Å²) in [4.78, 5) is 34.9. The van der Waals surface area contributed by atoms with Crippen LogP contribution < -0.4 is 10.2 Å². The van der Waals surface area contributed by atoms with Crippen molar-refractivity contribution in [2.45, 2.75) is 6.54 Å². The van der Waals surface area contributed by atoms with Gasteiger partial charge >= 0.3 is 12.0 Å². The molecule has 4 heterocycles. The molecule has 0 saturated heterocycles. The summed E-state index contributed by atoms with van der Waals surface area (Å²) in [6.45, 7) is 0.396. The summed E-state index contributed by atoms with van der Waals surface area (Å²) < 4.78 is 15.3. The zero-order valence-electron chi connectivity index (χ0n) is 16.7. The van der Waals surface area contributed by atoms with Crippen LogP contribution in [0.5, 0.6) is 0 Å². The molecule has 6 rings (SSSR count). The molecule has 5 aromatic rings. The maximum atomic E-state index is 13.5. The fourth-order valence-electron chi connectivity index (χ4n) is 4.00. The molecule has 0 unspecified atom stereocenters. The van der Waals surface area contributed by atoms with Crippen molar-refractivity contribution >= 4 is 61.6 Å². The quantitative estimate of drug-likeness (QED) is 0.405. The number of hydrogen-bond donors (Lipinski definition) is 2. The van der Waals surface area contributed by atoms with E-state index in [1.165, 1.54) is 23.4 Å². The third-order valence-electron chi connectivity index (χ3n) is 5.41. The van der Waals surface area contributed by atoms with Crippen LogP contribution in [-0.4, -0.2) is 36.9 Å². The van der Waals surface area contributed by atoms with Gasteiger partial charge in [0.1, 0.15) is 21.9 Å². The second-order valence-electron chi connectivity index (χ2n) is 7.43. The van der Waals surface area contributed by atoms with Gasteiger partial charge in [0.05, 0.1) is 35.0 Å². The van der Waals surface area contributed by atoms with E-state index in [9.17, 15) is 19.1 Å². The first-order chi connectivity index (χ1) is 16.0. The number of anilines is 3. The number of nitrogens with one attached hydrogen (secondary N) is 1. The highest BCUT2D eigenvalue weighted by atomic mass is 32.1. The van der Waals surface area contributed by atoms with Crippen LogP contribution in [0, 0.1) is 5.82 Å². The van der Waals surface area contributed by atoms with Gasteiger partial charge in [-0.05, 0) is 35.9 Å². The molecule has 2 amide bonds. The Morgan fingerprint density at radius 3 is 2.88 bits per heavy atom. The minimum absolute atomic E-state index is 0.00817. The van der Waals surface area contributed by atoms with Crippen LogP contribution >= 0.6 is 11.3 Å². The number of carboxylic acid groups (broad SMARTS) is 1. The second kappa shape index (κ2) is 7.07. The van der Waals surface area contributed by atoms with Crippen molar-refractivity contribution in [1.82, 2.24) is 19.7 Å². The van der Waals surface area contributed by atoms with E-state index in [0.717, 1.165) is 27.8 Å². The number of aromatic nitrogens is 4. The lowest BCUT2D eigenvalue weighted by molar-refractivity contribution is 0.0703. The molecule has 0 spiro atoms. The van der Waals surface area contributed by atoms with Crippen LogP contribution in [0.15, 0.2) is 55.0 Å². The Morgan fingerprint density at radius 2 is 2.06 bits per heavy atom. The molecule has 0 radical (unpaired) electrons. The van der Waals surface area contributed by atoms with E-state index in [0.29, 0.717) is 28.3 Å². The molecular weight excluding hydrogens is 447 g/mol. The average molecular weight is 460 g/mol. The number of carbonyl (C=O) groups excluding carboxylic acids is 1. The maximum absolute atomic E-state index is 13.5. The van der Waals surface area contributed by atoms with Gasteiger partial charge < -0.3 is 10.4 Å². The number of aromatic carboxylic acids is 1. The zero-order valence-corrected chi connectivity index (χ0v) is 17.5. The first-order valence-electron chi connectivity index (χ1n) is 9.81. The van der Waals surface area contributed by atoms with E-state index >= 15 is 0 Å². The number of benzene rings is 2. The number of amides is 2. The summed E-state index contributed by atoms with van der Waals surface area (Å²) in [6.07, 6.45) is 2.98. The minimum Gasteiger partial charge on any atom is -0.477 e. The van der Waals surface area contributed by atoms with Gasteiger partial charge in [0, 0.05) is 5.39 Å². The number of hydrogen-bond acceptors (Lipinski definition) is 6. The molecule has 0 atom stereocenters. The Kier molecular flexibility index (Phi) is 4.14. The van der Waals surface area contributed by atoms with E-state index in [1.807, 2.05) is 12.1 Å². The van der Waals surface area contributed by atoms with Crippen LogP contribution in [0.3, 0.4) is 0 Å². The molecular formula is C22H13FN6O3S. The molecule has 33 heavy (non-hydrogen) atoms. The largest absolute Gasteiger partial charge is 0.477 e. The van der Waals surface area contributed by atoms with Gasteiger partial charge in [-0.3, -0.25) is 4.68 Å². The third kappa shape index (κ3) is 3.01. The van der Waals surface area contributed by atoms with Crippen molar-refractivity contribution in [2.75, 3.05) is 10.2 Å². The van der Waals surface area contributed by atoms with Gasteiger partial charge in [-0.1, -0.05) is 12.1 Å². The number of nitrogens with zero attached hydrogens (tertiary/aromatic N) is 5. The molecule has 1 aliphatic heterocycles. The van der Waals surface area contributed by atoms with E-state index in [2.05, 4.69) is 20.4 Å². The molecule has 0 bridgehead atoms. The van der Waals surface area contributed by atoms with Crippen LogP contribution in [-0.2, 0) is 6.54 Å². The Balaban J connectivity index is 1.43. The second-order valence-corrected chi connectivity index (χ2v) is 8.43. The van der Waals surface area contributed by atoms with Gasteiger partial charge in [-0.15, -0.1) is 11.3 Å². The monoisotopic (exact) mass is 460 g/mol. The summed E-state index contributed by atoms with van der Waals surface area (Å²) in [6, 6.07) is 11.2. The summed E-state index contributed by atoms with van der Waals surface area (Å²) in [7, 11) is 0. The molecule has 0 aliphatic carbocycles. The molecule has 3 aromatic heterocycles. The first kappa shape index (κ1) is 19.3. The fraction of sp³-hybridized carbons (Fsp3) is 0.0455. The Hall–Kier alpha value is -4.38. The van der Waals surface area contributed by atoms with E-state index in [-0.39, 0.29) is 16.4 Å². The molecule has 0 saturated carbocycles. The minimum atomic E-state index is -1.14. The topological polar surface area (TPSA) is 113 Å². The van der Waals surface area contributed by atoms with Crippen molar-refractivity contribution in [2.24, 2.45) is 0 Å². The highest BCUT2D eigenvalue weighted by molar-refractivity contribution is 7.21. The van der Waals surface area contributed by atoms with Crippen LogP contribution in [0.2, 0.25) is 0 Å². The van der Waals surface area contributed by atoms with E-state index in [1.54, 1.807) is 29.1 Å². The lowest BCUT2D eigenvalue weighted by Gasteiger charge is -2.27. The predicted molar refractivity (Wildman–Crippen MR) is 121 cm³/mol. The standard InChI is InChI=1S/C22H13FN6O3S/c23-13-3-1-2-11(6-13)9-28-15-5-4-14(7-12(15)8-26-28)29-19-16-17(27-22(29)32)18(21(30)31)33-20(16)25-10-24-19/h1-8,10H,9H2,(H,27,32)(H,30,31). The summed E-state index contributed by atoms with van der Waals surface area (Å²) >= 11 is 0.986. The molecule has 1 aliphatic rings. The van der Waals surface area contributed by atoms with Crippen LogP contribution in [0.4, 0.5) is 26.4 Å². The number of rotatable bonds is 4. The van der Waals surface area contributed by atoms with Gasteiger partial charge in [-0.2, -0.15) is 5.10 Å².